The van der Waals surface area contributed by atoms with Crippen molar-refractivity contribution >= 4 is 11.0 Å². The molecule has 2 N–H and O–H groups in total. The normalized spacial score (nSPS) is 10.9. The van der Waals surface area contributed by atoms with Crippen LogP contribution in [0.1, 0.15) is 0 Å². The summed E-state index contributed by atoms with van der Waals surface area (Å²) in [6, 6.07) is 1.79. The van der Waals surface area contributed by atoms with Crippen molar-refractivity contribution < 1.29 is 9.15 Å². The summed E-state index contributed by atoms with van der Waals surface area (Å²) in [4.78, 5) is 18.0. The van der Waals surface area contributed by atoms with Gasteiger partial charge in [0.05, 0.1) is 18.9 Å². The predicted octanol–water partition coefficient (Wildman–Crippen LogP) is 0.915. The van der Waals surface area contributed by atoms with Crippen LogP contribution in [0.2, 0.25) is 0 Å². The smallest absolute Gasteiger partial charge is 0.434 e. The van der Waals surface area contributed by atoms with Crippen LogP contribution in [0.5, 0.6) is 5.75 Å². The molecular weight excluding hydrogens is 224 g/mol. The van der Waals surface area contributed by atoms with Crippen molar-refractivity contribution in [1.29, 1.82) is 0 Å². The Morgan fingerprint density at radius 1 is 1.47 bits per heavy atom. The fourth-order valence-electron chi connectivity index (χ4n) is 1.62. The molecule has 0 aliphatic rings. The van der Waals surface area contributed by atoms with Crippen molar-refractivity contribution in [2.24, 2.45) is 0 Å². The van der Waals surface area contributed by atoms with E-state index in [1.807, 2.05) is 0 Å². The molecule has 0 unspecified atom stereocenters. The molecule has 0 aliphatic carbocycles. The van der Waals surface area contributed by atoms with Crippen molar-refractivity contribution in [2.75, 3.05) is 7.11 Å². The topological polar surface area (TPSA) is 96.8 Å². The molecule has 7 nitrogen and oxygen atoms in total. The molecule has 3 rings (SSSR count). The van der Waals surface area contributed by atoms with Gasteiger partial charge in [0.1, 0.15) is 11.4 Å². The van der Waals surface area contributed by atoms with Crippen molar-refractivity contribution in [1.82, 2.24) is 20.2 Å². The Balaban J connectivity index is 2.26. The van der Waals surface area contributed by atoms with Crippen LogP contribution in [0.15, 0.2) is 27.7 Å². The standard InChI is InChI=1S/C10H8N4O3/c1-16-5-2-6-7(4-12-8(6)11-3-5)9-13-14-10(15)17-9/h2-4H,1H3,(H,11,12)(H,14,15). The maximum absolute atomic E-state index is 10.9. The summed E-state index contributed by atoms with van der Waals surface area (Å²) < 4.78 is 9.99. The lowest BCUT2D eigenvalue weighted by atomic mass is 10.2. The average molecular weight is 232 g/mol. The van der Waals surface area contributed by atoms with E-state index in [-0.39, 0.29) is 5.89 Å². The van der Waals surface area contributed by atoms with Crippen LogP contribution >= 0.6 is 0 Å². The minimum atomic E-state index is -0.592. The molecule has 0 amide bonds. The highest BCUT2D eigenvalue weighted by molar-refractivity contribution is 5.91. The minimum absolute atomic E-state index is 0.219. The summed E-state index contributed by atoms with van der Waals surface area (Å²) >= 11 is 0. The van der Waals surface area contributed by atoms with Gasteiger partial charge in [0.2, 0.25) is 0 Å². The number of methoxy groups -OCH3 is 1. The monoisotopic (exact) mass is 232 g/mol. The Labute approximate surface area is 94.4 Å². The van der Waals surface area contributed by atoms with Gasteiger partial charge in [-0.3, -0.25) is 0 Å². The lowest BCUT2D eigenvalue weighted by molar-refractivity contribution is 0.413. The summed E-state index contributed by atoms with van der Waals surface area (Å²) in [5, 5.41) is 6.76. The van der Waals surface area contributed by atoms with Crippen molar-refractivity contribution in [2.45, 2.75) is 0 Å². The van der Waals surface area contributed by atoms with E-state index in [1.54, 1.807) is 25.6 Å². The Morgan fingerprint density at radius 3 is 3.06 bits per heavy atom. The first kappa shape index (κ1) is 9.64. The van der Waals surface area contributed by atoms with Crippen LogP contribution in [-0.4, -0.2) is 27.3 Å². The summed E-state index contributed by atoms with van der Waals surface area (Å²) in [6.45, 7) is 0. The van der Waals surface area contributed by atoms with Gasteiger partial charge in [0.15, 0.2) is 0 Å². The number of fused-ring (bicyclic) bond motifs is 1. The molecule has 7 heteroatoms. The van der Waals surface area contributed by atoms with Crippen LogP contribution in [0.4, 0.5) is 0 Å². The van der Waals surface area contributed by atoms with Crippen LogP contribution in [0, 0.1) is 0 Å². The van der Waals surface area contributed by atoms with Crippen LogP contribution in [0.3, 0.4) is 0 Å². The highest BCUT2D eigenvalue weighted by Gasteiger charge is 2.12. The number of aromatic nitrogens is 4. The van der Waals surface area contributed by atoms with E-state index in [1.165, 1.54) is 0 Å². The number of nitrogens with zero attached hydrogens (tertiary/aromatic N) is 2. The van der Waals surface area contributed by atoms with Crippen LogP contribution in [-0.2, 0) is 0 Å². The average Bonchev–Trinajstić information content (AvgIpc) is 2.93. The minimum Gasteiger partial charge on any atom is -0.495 e. The maximum Gasteiger partial charge on any atom is 0.434 e. The van der Waals surface area contributed by atoms with E-state index < -0.39 is 5.76 Å². The third-order valence-electron chi connectivity index (χ3n) is 2.41. The van der Waals surface area contributed by atoms with E-state index in [4.69, 9.17) is 9.15 Å². The van der Waals surface area contributed by atoms with Gasteiger partial charge in [0, 0.05) is 11.6 Å². The molecule has 0 bridgehead atoms. The van der Waals surface area contributed by atoms with Gasteiger partial charge < -0.3 is 14.1 Å². The van der Waals surface area contributed by atoms with Gasteiger partial charge in [-0.15, -0.1) is 5.10 Å². The van der Waals surface area contributed by atoms with Crippen molar-refractivity contribution in [3.05, 3.63) is 29.0 Å². The zero-order chi connectivity index (χ0) is 11.8. The molecule has 0 radical (unpaired) electrons. The first-order valence-corrected chi connectivity index (χ1v) is 4.85. The quantitative estimate of drug-likeness (QED) is 0.684. The molecule has 17 heavy (non-hydrogen) atoms. The van der Waals surface area contributed by atoms with Gasteiger partial charge in [0.25, 0.3) is 5.89 Å². The van der Waals surface area contributed by atoms with Crippen molar-refractivity contribution in [3.63, 3.8) is 0 Å². The zero-order valence-electron chi connectivity index (χ0n) is 8.85. The number of H-pyrrole nitrogens is 2. The second-order valence-corrected chi connectivity index (χ2v) is 3.39. The Morgan fingerprint density at radius 2 is 2.35 bits per heavy atom. The summed E-state index contributed by atoms with van der Waals surface area (Å²) in [7, 11) is 1.56. The van der Waals surface area contributed by atoms with Gasteiger partial charge in [-0.2, -0.15) is 0 Å². The Kier molecular flexibility index (Phi) is 1.97. The van der Waals surface area contributed by atoms with Crippen LogP contribution in [0.25, 0.3) is 22.5 Å². The second-order valence-electron chi connectivity index (χ2n) is 3.39. The van der Waals surface area contributed by atoms with E-state index in [9.17, 15) is 4.79 Å². The fraction of sp³-hybridized carbons (Fsp3) is 0.100. The number of ether oxygens (including phenoxy) is 1. The third-order valence-corrected chi connectivity index (χ3v) is 2.41. The zero-order valence-corrected chi connectivity index (χ0v) is 8.85. The molecule has 3 aromatic rings. The summed E-state index contributed by atoms with van der Waals surface area (Å²) in [6.07, 6.45) is 3.28. The van der Waals surface area contributed by atoms with Gasteiger partial charge in [-0.25, -0.2) is 14.9 Å². The second kappa shape index (κ2) is 3.48. The highest BCUT2D eigenvalue weighted by Crippen LogP contribution is 2.27. The van der Waals surface area contributed by atoms with Gasteiger partial charge in [-0.1, -0.05) is 0 Å². The van der Waals surface area contributed by atoms with Gasteiger partial charge >= 0.3 is 5.76 Å². The van der Waals surface area contributed by atoms with E-state index in [0.717, 1.165) is 5.39 Å². The van der Waals surface area contributed by atoms with E-state index in [2.05, 4.69) is 20.2 Å². The third kappa shape index (κ3) is 1.48. The number of pyridine rings is 1. The molecule has 0 aliphatic heterocycles. The molecule has 86 valence electrons. The van der Waals surface area contributed by atoms with Gasteiger partial charge in [-0.05, 0) is 6.07 Å². The number of nitrogens with one attached hydrogen (secondary N) is 2. The number of rotatable bonds is 2. The highest BCUT2D eigenvalue weighted by atomic mass is 16.5. The molecule has 0 saturated heterocycles. The predicted molar refractivity (Wildman–Crippen MR) is 58.8 cm³/mol. The molecule has 0 saturated carbocycles. The molecule has 3 aromatic heterocycles. The number of hydrogen-bond acceptors (Lipinski definition) is 5. The summed E-state index contributed by atoms with van der Waals surface area (Å²) in [5.74, 6) is 0.248. The molecule has 0 atom stereocenters. The molecule has 0 spiro atoms. The number of aromatic amines is 2. The SMILES string of the molecule is COc1cnc2[nH]cc(-c3n[nH]c(=O)o3)c2c1. The fourth-order valence-corrected chi connectivity index (χ4v) is 1.62. The van der Waals surface area contributed by atoms with Crippen molar-refractivity contribution in [3.8, 4) is 17.2 Å². The summed E-state index contributed by atoms with van der Waals surface area (Å²) in [5.41, 5.74) is 1.33. The largest absolute Gasteiger partial charge is 0.495 e. The lowest BCUT2D eigenvalue weighted by Crippen LogP contribution is -1.93. The first-order chi connectivity index (χ1) is 8.28. The van der Waals surface area contributed by atoms with E-state index >= 15 is 0 Å². The Hall–Kier alpha value is -2.57. The van der Waals surface area contributed by atoms with Crippen LogP contribution < -0.4 is 10.5 Å². The Bertz CT molecular complexity index is 724. The molecule has 3 heterocycles. The lowest BCUT2D eigenvalue weighted by Gasteiger charge is -1.98. The molecule has 0 fully saturated rings. The number of hydrogen-bond donors (Lipinski definition) is 2. The maximum atomic E-state index is 10.9. The van der Waals surface area contributed by atoms with E-state index in [0.29, 0.717) is 17.0 Å². The molecule has 0 aromatic carbocycles. The first-order valence-electron chi connectivity index (χ1n) is 4.85. The molecular formula is C10H8N4O3.